The molecule has 0 spiro atoms. The van der Waals surface area contributed by atoms with E-state index in [0.29, 0.717) is 5.75 Å². The molecule has 0 saturated carbocycles. The van der Waals surface area contributed by atoms with Crippen LogP contribution in [0.2, 0.25) is 0 Å². The third kappa shape index (κ3) is 3.75. The SMILES string of the molecule is NC(CSc1cc(F)ccc1F)c1ccc(F)cc1. The summed E-state index contributed by atoms with van der Waals surface area (Å²) in [5, 5.41) is 0. The van der Waals surface area contributed by atoms with Crippen molar-refractivity contribution >= 4 is 11.8 Å². The molecule has 0 bridgehead atoms. The van der Waals surface area contributed by atoms with E-state index in [1.54, 1.807) is 12.1 Å². The molecule has 0 aromatic heterocycles. The molecule has 0 amide bonds. The molecular formula is C14H12F3NS. The smallest absolute Gasteiger partial charge is 0.136 e. The first kappa shape index (κ1) is 14.0. The van der Waals surface area contributed by atoms with Crippen LogP contribution in [0.25, 0.3) is 0 Å². The molecule has 1 unspecified atom stereocenters. The number of hydrogen-bond acceptors (Lipinski definition) is 2. The molecule has 2 N–H and O–H groups in total. The molecule has 2 aromatic rings. The van der Waals surface area contributed by atoms with Gasteiger partial charge in [-0.3, -0.25) is 0 Å². The number of hydrogen-bond donors (Lipinski definition) is 1. The fourth-order valence-corrected chi connectivity index (χ4v) is 2.53. The van der Waals surface area contributed by atoms with Crippen LogP contribution in [0.15, 0.2) is 47.4 Å². The Morgan fingerprint density at radius 1 is 0.947 bits per heavy atom. The van der Waals surface area contributed by atoms with Crippen molar-refractivity contribution in [1.29, 1.82) is 0 Å². The van der Waals surface area contributed by atoms with E-state index < -0.39 is 11.6 Å². The molecule has 2 aromatic carbocycles. The average molecular weight is 283 g/mol. The van der Waals surface area contributed by atoms with Gasteiger partial charge in [-0.2, -0.15) is 0 Å². The Labute approximate surface area is 113 Å². The molecule has 0 aliphatic rings. The highest BCUT2D eigenvalue weighted by molar-refractivity contribution is 7.99. The van der Waals surface area contributed by atoms with Crippen LogP contribution < -0.4 is 5.73 Å². The van der Waals surface area contributed by atoms with E-state index in [1.807, 2.05) is 0 Å². The van der Waals surface area contributed by atoms with Crippen molar-refractivity contribution < 1.29 is 13.2 Å². The molecule has 19 heavy (non-hydrogen) atoms. The van der Waals surface area contributed by atoms with Crippen LogP contribution in [0.4, 0.5) is 13.2 Å². The van der Waals surface area contributed by atoms with Crippen molar-refractivity contribution in [2.75, 3.05) is 5.75 Å². The molecule has 0 fully saturated rings. The van der Waals surface area contributed by atoms with Crippen LogP contribution in [0.3, 0.4) is 0 Å². The van der Waals surface area contributed by atoms with Gasteiger partial charge in [0.25, 0.3) is 0 Å². The van der Waals surface area contributed by atoms with Gasteiger partial charge in [-0.25, -0.2) is 13.2 Å². The fraction of sp³-hybridized carbons (Fsp3) is 0.143. The largest absolute Gasteiger partial charge is 0.323 e. The summed E-state index contributed by atoms with van der Waals surface area (Å²) < 4.78 is 39.1. The first-order chi connectivity index (χ1) is 9.06. The molecule has 1 atom stereocenters. The van der Waals surface area contributed by atoms with Crippen molar-refractivity contribution in [2.24, 2.45) is 5.73 Å². The molecule has 1 nitrogen and oxygen atoms in total. The van der Waals surface area contributed by atoms with Crippen molar-refractivity contribution in [3.05, 3.63) is 65.5 Å². The van der Waals surface area contributed by atoms with Crippen LogP contribution in [0.1, 0.15) is 11.6 Å². The van der Waals surface area contributed by atoms with Crippen molar-refractivity contribution in [3.63, 3.8) is 0 Å². The average Bonchev–Trinajstić information content (AvgIpc) is 2.40. The summed E-state index contributed by atoms with van der Waals surface area (Å²) >= 11 is 1.13. The zero-order valence-corrected chi connectivity index (χ0v) is 10.8. The van der Waals surface area contributed by atoms with Crippen molar-refractivity contribution in [1.82, 2.24) is 0 Å². The molecule has 0 radical (unpaired) electrons. The monoisotopic (exact) mass is 283 g/mol. The quantitative estimate of drug-likeness (QED) is 0.861. The standard InChI is InChI=1S/C14H12F3NS/c15-10-3-1-9(2-4-10)13(18)8-19-14-7-11(16)5-6-12(14)17/h1-7,13H,8,18H2. The Morgan fingerprint density at radius 2 is 1.58 bits per heavy atom. The summed E-state index contributed by atoms with van der Waals surface area (Å²) in [6.07, 6.45) is 0. The summed E-state index contributed by atoms with van der Waals surface area (Å²) in [4.78, 5) is 0.220. The van der Waals surface area contributed by atoms with Gasteiger partial charge in [0, 0.05) is 16.7 Å². The highest BCUT2D eigenvalue weighted by Gasteiger charge is 2.10. The molecular weight excluding hydrogens is 271 g/mol. The first-order valence-electron chi connectivity index (χ1n) is 5.65. The highest BCUT2D eigenvalue weighted by Crippen LogP contribution is 2.26. The molecule has 0 heterocycles. The van der Waals surface area contributed by atoms with Gasteiger partial charge in [0.2, 0.25) is 0 Å². The van der Waals surface area contributed by atoms with Gasteiger partial charge in [0.15, 0.2) is 0 Å². The lowest BCUT2D eigenvalue weighted by atomic mass is 10.1. The number of benzene rings is 2. The maximum absolute atomic E-state index is 13.4. The number of rotatable bonds is 4. The zero-order chi connectivity index (χ0) is 13.8. The van der Waals surface area contributed by atoms with E-state index in [-0.39, 0.29) is 16.8 Å². The van der Waals surface area contributed by atoms with E-state index >= 15 is 0 Å². The van der Waals surface area contributed by atoms with E-state index in [1.165, 1.54) is 12.1 Å². The van der Waals surface area contributed by atoms with Crippen molar-refractivity contribution in [3.8, 4) is 0 Å². The summed E-state index contributed by atoms with van der Waals surface area (Å²) in [7, 11) is 0. The summed E-state index contributed by atoms with van der Waals surface area (Å²) in [6, 6.07) is 8.74. The Kier molecular flexibility index (Phi) is 4.50. The lowest BCUT2D eigenvalue weighted by Crippen LogP contribution is -2.13. The van der Waals surface area contributed by atoms with Crippen LogP contribution in [0.5, 0.6) is 0 Å². The molecule has 2 rings (SSSR count). The summed E-state index contributed by atoms with van der Waals surface area (Å²) in [6.45, 7) is 0. The minimum Gasteiger partial charge on any atom is -0.323 e. The number of halogens is 3. The molecule has 0 saturated heterocycles. The summed E-state index contributed by atoms with van der Waals surface area (Å²) in [5.74, 6) is -0.914. The van der Waals surface area contributed by atoms with Gasteiger partial charge >= 0.3 is 0 Å². The predicted molar refractivity (Wildman–Crippen MR) is 70.4 cm³/mol. The highest BCUT2D eigenvalue weighted by atomic mass is 32.2. The lowest BCUT2D eigenvalue weighted by Gasteiger charge is -2.12. The number of nitrogens with two attached hydrogens (primary N) is 1. The van der Waals surface area contributed by atoms with Crippen LogP contribution >= 0.6 is 11.8 Å². The Balaban J connectivity index is 2.02. The maximum atomic E-state index is 13.4. The van der Waals surface area contributed by atoms with E-state index in [0.717, 1.165) is 35.5 Å². The van der Waals surface area contributed by atoms with Gasteiger partial charge in [-0.1, -0.05) is 12.1 Å². The predicted octanol–water partition coefficient (Wildman–Crippen LogP) is 3.90. The normalized spacial score (nSPS) is 12.4. The van der Waals surface area contributed by atoms with E-state index in [4.69, 9.17) is 5.73 Å². The summed E-state index contributed by atoms with van der Waals surface area (Å²) in [5.41, 5.74) is 6.68. The van der Waals surface area contributed by atoms with Gasteiger partial charge in [-0.15, -0.1) is 11.8 Å². The molecule has 0 aliphatic carbocycles. The van der Waals surface area contributed by atoms with Crippen LogP contribution in [-0.2, 0) is 0 Å². The van der Waals surface area contributed by atoms with Crippen molar-refractivity contribution in [2.45, 2.75) is 10.9 Å². The van der Waals surface area contributed by atoms with E-state index in [2.05, 4.69) is 0 Å². The fourth-order valence-electron chi connectivity index (χ4n) is 1.57. The topological polar surface area (TPSA) is 26.0 Å². The Morgan fingerprint density at radius 3 is 2.26 bits per heavy atom. The first-order valence-corrected chi connectivity index (χ1v) is 6.64. The molecule has 5 heteroatoms. The second-order valence-corrected chi connectivity index (χ2v) is 5.11. The maximum Gasteiger partial charge on any atom is 0.136 e. The number of thioether (sulfide) groups is 1. The van der Waals surface area contributed by atoms with Gasteiger partial charge in [-0.05, 0) is 35.9 Å². The van der Waals surface area contributed by atoms with Crippen LogP contribution in [0, 0.1) is 17.5 Å². The van der Waals surface area contributed by atoms with Gasteiger partial charge in [0.1, 0.15) is 17.5 Å². The van der Waals surface area contributed by atoms with Gasteiger partial charge < -0.3 is 5.73 Å². The van der Waals surface area contributed by atoms with E-state index in [9.17, 15) is 13.2 Å². The second kappa shape index (κ2) is 6.12. The minimum absolute atomic E-state index is 0.220. The second-order valence-electron chi connectivity index (χ2n) is 4.04. The molecule has 0 aliphatic heterocycles. The third-order valence-electron chi connectivity index (χ3n) is 2.61. The zero-order valence-electron chi connectivity index (χ0n) is 9.95. The Bertz CT molecular complexity index is 557. The third-order valence-corrected chi connectivity index (χ3v) is 3.76. The minimum atomic E-state index is -0.487. The van der Waals surface area contributed by atoms with Crippen LogP contribution in [-0.4, -0.2) is 5.75 Å². The lowest BCUT2D eigenvalue weighted by molar-refractivity contribution is 0.577. The molecule has 100 valence electrons. The Hall–Kier alpha value is -1.46. The van der Waals surface area contributed by atoms with Gasteiger partial charge in [0.05, 0.1) is 0 Å².